The molecule has 2 rings (SSSR count). The van der Waals surface area contributed by atoms with Crippen LogP contribution >= 0.6 is 38.5 Å². The van der Waals surface area contributed by atoms with E-state index >= 15 is 0 Å². The second-order valence-corrected chi connectivity index (χ2v) is 8.38. The molecule has 1 aliphatic rings. The van der Waals surface area contributed by atoms with E-state index in [-0.39, 0.29) is 0 Å². The van der Waals surface area contributed by atoms with Crippen LogP contribution in [-0.2, 0) is 0 Å². The first-order valence-electron chi connectivity index (χ1n) is 8.34. The van der Waals surface area contributed by atoms with Crippen LogP contribution in [0.5, 0.6) is 0 Å². The van der Waals surface area contributed by atoms with Gasteiger partial charge in [0.05, 0.1) is 0 Å². The highest BCUT2D eigenvalue weighted by Gasteiger charge is 2.29. The smallest absolute Gasteiger partial charge is 0.0359 e. The predicted molar refractivity (Wildman–Crippen MR) is 104 cm³/mol. The zero-order chi connectivity index (χ0) is 15.2. The summed E-state index contributed by atoms with van der Waals surface area (Å²) in [6, 6.07) is 7.23. The van der Waals surface area contributed by atoms with Gasteiger partial charge in [-0.25, -0.2) is 0 Å². The van der Waals surface area contributed by atoms with E-state index in [1.807, 2.05) is 0 Å². The van der Waals surface area contributed by atoms with Gasteiger partial charge >= 0.3 is 0 Å². The molecule has 0 spiro atoms. The molecule has 1 nitrogen and oxygen atoms in total. The van der Waals surface area contributed by atoms with Crippen molar-refractivity contribution in [3.63, 3.8) is 0 Å². The molecule has 1 aromatic rings. The first-order chi connectivity index (χ1) is 10.2. The Morgan fingerprint density at radius 2 is 2.14 bits per heavy atom. The van der Waals surface area contributed by atoms with Crippen molar-refractivity contribution in [3.05, 3.63) is 31.8 Å². The van der Waals surface area contributed by atoms with Gasteiger partial charge in [0.15, 0.2) is 0 Å². The zero-order valence-corrected chi connectivity index (χ0v) is 16.9. The second-order valence-electron chi connectivity index (χ2n) is 6.30. The molecule has 1 aliphatic carbocycles. The molecule has 1 aromatic carbocycles. The Morgan fingerprint density at radius 3 is 2.86 bits per heavy atom. The highest BCUT2D eigenvalue weighted by Crippen LogP contribution is 2.40. The normalized spacial score (nSPS) is 24.0. The number of nitrogens with one attached hydrogen (secondary N) is 1. The highest BCUT2D eigenvalue weighted by molar-refractivity contribution is 14.1. The fourth-order valence-corrected chi connectivity index (χ4v) is 4.64. The Hall–Kier alpha value is 0.390. The summed E-state index contributed by atoms with van der Waals surface area (Å²) in [6.07, 6.45) is 8.14. The van der Waals surface area contributed by atoms with Crippen molar-refractivity contribution >= 4 is 38.5 Å². The van der Waals surface area contributed by atoms with Gasteiger partial charge in [-0.3, -0.25) is 0 Å². The van der Waals surface area contributed by atoms with Gasteiger partial charge in [-0.1, -0.05) is 49.0 Å². The number of rotatable bonds is 6. The summed E-state index contributed by atoms with van der Waals surface area (Å²) < 4.78 is 2.59. The fraction of sp³-hybridized carbons (Fsp3) is 0.667. The van der Waals surface area contributed by atoms with Gasteiger partial charge in [0.2, 0.25) is 0 Å². The van der Waals surface area contributed by atoms with Crippen LogP contribution in [0.15, 0.2) is 22.7 Å². The number of benzene rings is 1. The molecule has 0 radical (unpaired) electrons. The van der Waals surface area contributed by atoms with Crippen molar-refractivity contribution < 1.29 is 0 Å². The van der Waals surface area contributed by atoms with Crippen LogP contribution in [0.2, 0.25) is 0 Å². The number of halogens is 2. The molecule has 0 aromatic heterocycles. The van der Waals surface area contributed by atoms with Gasteiger partial charge < -0.3 is 5.32 Å². The maximum Gasteiger partial charge on any atom is 0.0359 e. The average Bonchev–Trinajstić information content (AvgIpc) is 2.51. The van der Waals surface area contributed by atoms with Crippen molar-refractivity contribution in [3.8, 4) is 0 Å². The molecule has 3 atom stereocenters. The molecular formula is C18H27BrIN. The van der Waals surface area contributed by atoms with Gasteiger partial charge in [-0.15, -0.1) is 0 Å². The third-order valence-electron chi connectivity index (χ3n) is 4.78. The lowest BCUT2D eigenvalue weighted by atomic mass is 9.75. The Bertz CT molecular complexity index is 449. The summed E-state index contributed by atoms with van der Waals surface area (Å²) in [4.78, 5) is 0. The third-order valence-corrected chi connectivity index (χ3v) is 6.26. The number of hydrogen-bond donors (Lipinski definition) is 1. The van der Waals surface area contributed by atoms with Gasteiger partial charge in [-0.05, 0) is 84.0 Å². The third kappa shape index (κ3) is 4.93. The lowest BCUT2D eigenvalue weighted by Gasteiger charge is -2.35. The molecule has 118 valence electrons. The average molecular weight is 464 g/mol. The van der Waals surface area contributed by atoms with E-state index in [0.29, 0.717) is 6.04 Å². The maximum absolute atomic E-state index is 3.84. The molecule has 1 N–H and O–H groups in total. The van der Waals surface area contributed by atoms with E-state index in [1.165, 1.54) is 52.1 Å². The minimum absolute atomic E-state index is 0.517. The van der Waals surface area contributed by atoms with E-state index in [1.54, 1.807) is 0 Å². The lowest BCUT2D eigenvalue weighted by molar-refractivity contribution is 0.209. The largest absolute Gasteiger partial charge is 0.310 e. The molecule has 1 saturated carbocycles. The lowest BCUT2D eigenvalue weighted by Crippen LogP contribution is -2.32. The minimum atomic E-state index is 0.517. The van der Waals surface area contributed by atoms with Gasteiger partial charge in [0.1, 0.15) is 0 Å². The van der Waals surface area contributed by atoms with Gasteiger partial charge in [0.25, 0.3) is 0 Å². The van der Waals surface area contributed by atoms with Crippen LogP contribution in [0.1, 0.15) is 64.0 Å². The van der Waals surface area contributed by atoms with Crippen molar-refractivity contribution in [2.75, 3.05) is 6.54 Å². The van der Waals surface area contributed by atoms with Crippen LogP contribution in [-0.4, -0.2) is 6.54 Å². The van der Waals surface area contributed by atoms with Crippen molar-refractivity contribution in [1.29, 1.82) is 0 Å². The summed E-state index contributed by atoms with van der Waals surface area (Å²) in [5, 5.41) is 3.84. The minimum Gasteiger partial charge on any atom is -0.310 e. The zero-order valence-electron chi connectivity index (χ0n) is 13.2. The highest BCUT2D eigenvalue weighted by atomic mass is 127. The molecule has 3 unspecified atom stereocenters. The van der Waals surface area contributed by atoms with Crippen LogP contribution in [0.25, 0.3) is 0 Å². The summed E-state index contributed by atoms with van der Waals surface area (Å²) in [5.41, 5.74) is 1.49. The van der Waals surface area contributed by atoms with Crippen LogP contribution in [0, 0.1) is 15.4 Å². The summed E-state index contributed by atoms with van der Waals surface area (Å²) in [6.45, 7) is 5.72. The Balaban J connectivity index is 2.22. The summed E-state index contributed by atoms with van der Waals surface area (Å²) in [5.74, 6) is 1.72. The number of hydrogen-bond acceptors (Lipinski definition) is 1. The molecular weight excluding hydrogens is 437 g/mol. The molecule has 0 amide bonds. The second kappa shape index (κ2) is 8.88. The summed E-state index contributed by atoms with van der Waals surface area (Å²) in [7, 11) is 0. The first-order valence-corrected chi connectivity index (χ1v) is 10.2. The molecule has 0 aliphatic heterocycles. The van der Waals surface area contributed by atoms with Gasteiger partial charge in [0, 0.05) is 14.1 Å². The molecule has 1 fully saturated rings. The van der Waals surface area contributed by atoms with Crippen molar-refractivity contribution in [2.45, 2.75) is 58.4 Å². The van der Waals surface area contributed by atoms with E-state index in [0.717, 1.165) is 18.4 Å². The molecule has 0 bridgehead atoms. The first kappa shape index (κ1) is 17.7. The van der Waals surface area contributed by atoms with Crippen molar-refractivity contribution in [1.82, 2.24) is 5.32 Å². The molecule has 0 saturated heterocycles. The fourth-order valence-electron chi connectivity index (χ4n) is 3.59. The van der Waals surface area contributed by atoms with Crippen LogP contribution in [0.4, 0.5) is 0 Å². The van der Waals surface area contributed by atoms with E-state index in [4.69, 9.17) is 0 Å². The Kier molecular flexibility index (Phi) is 7.50. The van der Waals surface area contributed by atoms with E-state index in [9.17, 15) is 0 Å². The molecule has 0 heterocycles. The van der Waals surface area contributed by atoms with Crippen molar-refractivity contribution in [2.24, 2.45) is 11.8 Å². The predicted octanol–water partition coefficient (Wildman–Crippen LogP) is 6.31. The molecule has 3 heteroatoms. The Morgan fingerprint density at radius 1 is 1.33 bits per heavy atom. The van der Waals surface area contributed by atoms with Crippen LogP contribution in [0.3, 0.4) is 0 Å². The standard InChI is InChI=1S/C18H27BrIN/c1-3-10-21-18(14-7-5-6-13(4-2)11-14)16-12-15(19)8-9-17(16)20/h8-9,12-14,18,21H,3-7,10-11H2,1-2H3. The monoisotopic (exact) mass is 463 g/mol. The van der Waals surface area contributed by atoms with Gasteiger partial charge in [-0.2, -0.15) is 0 Å². The SMILES string of the molecule is CCCNC(c1cc(Br)ccc1I)C1CCCC(CC)C1. The topological polar surface area (TPSA) is 12.0 Å². The van der Waals surface area contributed by atoms with Crippen LogP contribution < -0.4 is 5.32 Å². The van der Waals surface area contributed by atoms with E-state index in [2.05, 4.69) is 75.9 Å². The summed E-state index contributed by atoms with van der Waals surface area (Å²) >= 11 is 6.15. The quantitative estimate of drug-likeness (QED) is 0.487. The maximum atomic E-state index is 3.84. The molecule has 21 heavy (non-hydrogen) atoms. The van der Waals surface area contributed by atoms with E-state index < -0.39 is 0 Å². The Labute approximate surface area is 151 Å².